The average molecular weight is 241 g/mol. The van der Waals surface area contributed by atoms with E-state index in [2.05, 4.69) is 11.3 Å². The zero-order valence-electron chi connectivity index (χ0n) is 10.3. The van der Waals surface area contributed by atoms with Crippen LogP contribution in [0.25, 0.3) is 0 Å². The first-order valence-electron chi connectivity index (χ1n) is 4.84. The van der Waals surface area contributed by atoms with Crippen LogP contribution in [0.1, 0.15) is 6.42 Å². The number of amidine groups is 1. The van der Waals surface area contributed by atoms with E-state index in [1.165, 1.54) is 4.90 Å². The SMILES string of the molecule is C=C(N)N(C)C(OC(=O)OCCC#N)=[N+](C)C. The third kappa shape index (κ3) is 5.41. The number of hydrogen-bond donors (Lipinski definition) is 1. The number of rotatable bonds is 3. The van der Waals surface area contributed by atoms with E-state index in [-0.39, 0.29) is 24.9 Å². The molecule has 0 aliphatic rings. The van der Waals surface area contributed by atoms with Gasteiger partial charge in [0, 0.05) is 0 Å². The Balaban J connectivity index is 4.50. The van der Waals surface area contributed by atoms with Gasteiger partial charge in [0.05, 0.1) is 33.6 Å². The molecule has 0 aromatic heterocycles. The molecule has 0 atom stereocenters. The minimum atomic E-state index is -0.892. The molecule has 0 aromatic carbocycles. The summed E-state index contributed by atoms with van der Waals surface area (Å²) in [7, 11) is 4.95. The number of nitriles is 1. The molecule has 0 spiro atoms. The van der Waals surface area contributed by atoms with E-state index >= 15 is 0 Å². The molecule has 0 rings (SSSR count). The molecule has 0 aromatic rings. The number of carbonyl (C=O) groups is 1. The van der Waals surface area contributed by atoms with Gasteiger partial charge in [0.15, 0.2) is 5.82 Å². The van der Waals surface area contributed by atoms with Crippen molar-refractivity contribution in [2.24, 2.45) is 5.73 Å². The molecule has 0 aliphatic heterocycles. The maximum atomic E-state index is 11.3. The Morgan fingerprint density at radius 3 is 2.59 bits per heavy atom. The molecule has 2 N–H and O–H groups in total. The molecule has 0 saturated heterocycles. The highest BCUT2D eigenvalue weighted by Crippen LogP contribution is 1.97. The summed E-state index contributed by atoms with van der Waals surface area (Å²) in [6, 6.07) is 2.03. The average Bonchev–Trinajstić information content (AvgIpc) is 2.24. The van der Waals surface area contributed by atoms with Gasteiger partial charge in [-0.05, 0) is 6.58 Å². The van der Waals surface area contributed by atoms with Crippen LogP contribution in [-0.4, -0.2) is 49.4 Å². The number of carbonyl (C=O) groups excluding carboxylic acids is 1. The van der Waals surface area contributed by atoms with Crippen LogP contribution in [0.15, 0.2) is 12.4 Å². The lowest BCUT2D eigenvalue weighted by Crippen LogP contribution is -2.38. The van der Waals surface area contributed by atoms with Crippen LogP contribution >= 0.6 is 0 Å². The van der Waals surface area contributed by atoms with Gasteiger partial charge in [0.25, 0.3) is 0 Å². The Hall–Kier alpha value is -2.23. The van der Waals surface area contributed by atoms with Crippen LogP contribution in [0, 0.1) is 11.3 Å². The highest BCUT2D eigenvalue weighted by molar-refractivity contribution is 5.81. The molecule has 0 radical (unpaired) electrons. The van der Waals surface area contributed by atoms with Gasteiger partial charge in [0.2, 0.25) is 0 Å². The number of hydrogen-bond acceptors (Lipinski definition) is 5. The van der Waals surface area contributed by atoms with Crippen molar-refractivity contribution < 1.29 is 18.8 Å². The first kappa shape index (κ1) is 14.8. The highest BCUT2D eigenvalue weighted by atomic mass is 16.7. The van der Waals surface area contributed by atoms with E-state index in [0.29, 0.717) is 0 Å². The molecule has 7 heteroatoms. The third-order valence-electron chi connectivity index (χ3n) is 1.71. The van der Waals surface area contributed by atoms with Crippen LogP contribution in [0.4, 0.5) is 4.79 Å². The van der Waals surface area contributed by atoms with Gasteiger partial charge in [-0.2, -0.15) is 10.2 Å². The molecule has 17 heavy (non-hydrogen) atoms. The van der Waals surface area contributed by atoms with E-state index in [1.54, 1.807) is 25.7 Å². The lowest BCUT2D eigenvalue weighted by Gasteiger charge is -2.13. The zero-order chi connectivity index (χ0) is 13.4. The summed E-state index contributed by atoms with van der Waals surface area (Å²) >= 11 is 0. The maximum absolute atomic E-state index is 11.3. The molecular formula is C10H17N4O3+. The Kier molecular flexibility index (Phi) is 6.18. The lowest BCUT2D eigenvalue weighted by molar-refractivity contribution is -0.478. The molecular weight excluding hydrogens is 224 g/mol. The van der Waals surface area contributed by atoms with Gasteiger partial charge in [-0.15, -0.1) is 0 Å². The molecule has 0 bridgehead atoms. The molecule has 0 unspecified atom stereocenters. The quantitative estimate of drug-likeness (QED) is 0.247. The van der Waals surface area contributed by atoms with Gasteiger partial charge < -0.3 is 15.2 Å². The van der Waals surface area contributed by atoms with Crippen LogP contribution in [0.5, 0.6) is 0 Å². The third-order valence-corrected chi connectivity index (χ3v) is 1.71. The fraction of sp³-hybridized carbons (Fsp3) is 0.500. The summed E-state index contributed by atoms with van der Waals surface area (Å²) < 4.78 is 11.1. The van der Waals surface area contributed by atoms with E-state index < -0.39 is 6.16 Å². The van der Waals surface area contributed by atoms with Gasteiger partial charge in [-0.1, -0.05) is 0 Å². The van der Waals surface area contributed by atoms with E-state index in [4.69, 9.17) is 15.7 Å². The van der Waals surface area contributed by atoms with Crippen molar-refractivity contribution in [2.75, 3.05) is 27.7 Å². The van der Waals surface area contributed by atoms with Crippen molar-refractivity contribution in [3.8, 4) is 6.07 Å². The van der Waals surface area contributed by atoms with Gasteiger partial charge in [-0.3, -0.25) is 0 Å². The smallest absolute Gasteiger partial charge is 0.433 e. The summed E-state index contributed by atoms with van der Waals surface area (Å²) in [6.07, 6.45) is -0.775. The minimum absolute atomic E-state index is 0.0106. The van der Waals surface area contributed by atoms with Crippen molar-refractivity contribution >= 4 is 12.2 Å². The second-order valence-corrected chi connectivity index (χ2v) is 3.34. The van der Waals surface area contributed by atoms with Crippen molar-refractivity contribution in [1.29, 1.82) is 5.26 Å². The standard InChI is InChI=1S/C10H17N4O3/c1-8(12)14(4)9(13(2)3)17-10(15)16-7-5-6-11/h1,5,7,12H2,2-4H3/q+1. The predicted octanol–water partition coefficient (Wildman–Crippen LogP) is 0.0431. The van der Waals surface area contributed by atoms with Crippen LogP contribution in [0.3, 0.4) is 0 Å². The normalized spacial score (nSPS) is 8.82. The lowest BCUT2D eigenvalue weighted by atomic mass is 10.5. The summed E-state index contributed by atoms with van der Waals surface area (Å²) in [5, 5.41) is 8.28. The van der Waals surface area contributed by atoms with Gasteiger partial charge >= 0.3 is 12.2 Å². The van der Waals surface area contributed by atoms with Crippen molar-refractivity contribution in [2.45, 2.75) is 6.42 Å². The second-order valence-electron chi connectivity index (χ2n) is 3.34. The number of nitrogens with two attached hydrogens (primary N) is 1. The molecule has 0 aliphatic carbocycles. The number of ether oxygens (including phenoxy) is 2. The molecule has 0 saturated carbocycles. The fourth-order valence-electron chi connectivity index (χ4n) is 0.867. The fourth-order valence-corrected chi connectivity index (χ4v) is 0.867. The second kappa shape index (κ2) is 7.11. The molecule has 0 fully saturated rings. The minimum Gasteiger partial charge on any atom is -0.433 e. The molecule has 0 heterocycles. The molecule has 94 valence electrons. The molecule has 0 amide bonds. The highest BCUT2D eigenvalue weighted by Gasteiger charge is 2.24. The Morgan fingerprint density at radius 2 is 2.18 bits per heavy atom. The Morgan fingerprint density at radius 1 is 1.59 bits per heavy atom. The van der Waals surface area contributed by atoms with Crippen LogP contribution < -0.4 is 5.73 Å². The van der Waals surface area contributed by atoms with Crippen molar-refractivity contribution in [1.82, 2.24) is 4.90 Å². The van der Waals surface area contributed by atoms with Gasteiger partial charge in [-0.25, -0.2) is 9.37 Å². The van der Waals surface area contributed by atoms with Gasteiger partial charge in [0.1, 0.15) is 6.61 Å². The molecule has 7 nitrogen and oxygen atoms in total. The van der Waals surface area contributed by atoms with E-state index in [9.17, 15) is 4.79 Å². The summed E-state index contributed by atoms with van der Waals surface area (Å²) in [4.78, 5) is 12.7. The monoisotopic (exact) mass is 241 g/mol. The van der Waals surface area contributed by atoms with E-state index in [0.717, 1.165) is 0 Å². The van der Waals surface area contributed by atoms with Crippen molar-refractivity contribution in [3.05, 3.63) is 12.4 Å². The topological polar surface area (TPSA) is 91.6 Å². The first-order valence-corrected chi connectivity index (χ1v) is 4.84. The summed E-state index contributed by atoms with van der Waals surface area (Å²) in [5.74, 6) is 0.221. The Bertz CT molecular complexity index is 366. The van der Waals surface area contributed by atoms with Crippen LogP contribution in [-0.2, 0) is 9.47 Å². The van der Waals surface area contributed by atoms with Crippen LogP contribution in [0.2, 0.25) is 0 Å². The summed E-state index contributed by atoms with van der Waals surface area (Å²) in [6.45, 7) is 3.51. The maximum Gasteiger partial charge on any atom is 0.519 e. The summed E-state index contributed by atoms with van der Waals surface area (Å²) in [5.41, 5.74) is 5.48. The van der Waals surface area contributed by atoms with Crippen molar-refractivity contribution in [3.63, 3.8) is 0 Å². The largest absolute Gasteiger partial charge is 0.519 e. The first-order chi connectivity index (χ1) is 7.90. The predicted molar refractivity (Wildman–Crippen MR) is 60.9 cm³/mol. The number of nitrogens with zero attached hydrogens (tertiary/aromatic N) is 3. The zero-order valence-corrected chi connectivity index (χ0v) is 10.3. The van der Waals surface area contributed by atoms with E-state index in [1.807, 2.05) is 6.07 Å². The Labute approximate surface area is 100 Å².